The normalized spacial score (nSPS) is 18.9. The average Bonchev–Trinajstić information content (AvgIpc) is 2.52. The maximum atomic E-state index is 11.9. The first-order valence-electron chi connectivity index (χ1n) is 7.42. The van der Waals surface area contributed by atoms with E-state index in [1.54, 1.807) is 7.11 Å². The predicted molar refractivity (Wildman–Crippen MR) is 81.2 cm³/mol. The molecule has 2 N–H and O–H groups in total. The van der Waals surface area contributed by atoms with Gasteiger partial charge in [-0.1, -0.05) is 24.3 Å². The Balaban J connectivity index is 1.82. The number of methoxy groups -OCH3 is 1. The number of rotatable bonds is 7. The largest absolute Gasteiger partial charge is 0.383 e. The number of hydrogen-bond acceptors (Lipinski definition) is 4. The van der Waals surface area contributed by atoms with Crippen LogP contribution in [-0.2, 0) is 20.7 Å². The molecule has 2 atom stereocenters. The van der Waals surface area contributed by atoms with Gasteiger partial charge in [-0.15, -0.1) is 0 Å². The van der Waals surface area contributed by atoms with E-state index in [0.29, 0.717) is 19.7 Å². The summed E-state index contributed by atoms with van der Waals surface area (Å²) in [5, 5.41) is 6.07. The topological polar surface area (TPSA) is 59.6 Å². The standard InChI is InChI=1S/C16H24N2O3/c1-12(16(19)17-8-10-20-2)18-11-15-14-6-4-3-5-13(14)7-9-21-15/h3-6,12,15,18H,7-11H2,1-2H3,(H,17,19). The van der Waals surface area contributed by atoms with Crippen LogP contribution in [0, 0.1) is 0 Å². The van der Waals surface area contributed by atoms with Gasteiger partial charge in [-0.3, -0.25) is 4.79 Å². The molecule has 0 fully saturated rings. The Kier molecular flexibility index (Phi) is 6.17. The SMILES string of the molecule is COCCNC(=O)C(C)NCC1OCCc2ccccc21. The minimum Gasteiger partial charge on any atom is -0.383 e. The van der Waals surface area contributed by atoms with Gasteiger partial charge in [-0.25, -0.2) is 0 Å². The number of nitrogens with one attached hydrogen (secondary N) is 2. The van der Waals surface area contributed by atoms with Crippen molar-refractivity contribution in [2.45, 2.75) is 25.5 Å². The molecule has 0 aromatic heterocycles. The van der Waals surface area contributed by atoms with Gasteiger partial charge in [0.05, 0.1) is 25.4 Å². The monoisotopic (exact) mass is 292 g/mol. The molecule has 1 aromatic rings. The van der Waals surface area contributed by atoms with Gasteiger partial charge < -0.3 is 20.1 Å². The zero-order chi connectivity index (χ0) is 15.1. The number of benzene rings is 1. The highest BCUT2D eigenvalue weighted by atomic mass is 16.5. The molecule has 0 spiro atoms. The Morgan fingerprint density at radius 3 is 3.10 bits per heavy atom. The van der Waals surface area contributed by atoms with Crippen LogP contribution < -0.4 is 10.6 Å². The second-order valence-corrected chi connectivity index (χ2v) is 5.22. The molecule has 0 aliphatic carbocycles. The second-order valence-electron chi connectivity index (χ2n) is 5.22. The second kappa shape index (κ2) is 8.12. The van der Waals surface area contributed by atoms with Crippen LogP contribution >= 0.6 is 0 Å². The van der Waals surface area contributed by atoms with E-state index in [-0.39, 0.29) is 18.1 Å². The summed E-state index contributed by atoms with van der Waals surface area (Å²) >= 11 is 0. The Hall–Kier alpha value is -1.43. The molecular weight excluding hydrogens is 268 g/mol. The van der Waals surface area contributed by atoms with Crippen molar-refractivity contribution in [2.75, 3.05) is 33.4 Å². The van der Waals surface area contributed by atoms with E-state index in [4.69, 9.17) is 9.47 Å². The van der Waals surface area contributed by atoms with Crippen LogP contribution in [-0.4, -0.2) is 45.4 Å². The highest BCUT2D eigenvalue weighted by Crippen LogP contribution is 2.26. The fourth-order valence-corrected chi connectivity index (χ4v) is 2.45. The third kappa shape index (κ3) is 4.52. The van der Waals surface area contributed by atoms with Crippen LogP contribution in [0.1, 0.15) is 24.2 Å². The van der Waals surface area contributed by atoms with E-state index in [0.717, 1.165) is 13.0 Å². The van der Waals surface area contributed by atoms with E-state index in [1.807, 2.05) is 13.0 Å². The number of amides is 1. The van der Waals surface area contributed by atoms with E-state index >= 15 is 0 Å². The first-order chi connectivity index (χ1) is 10.2. The van der Waals surface area contributed by atoms with Gasteiger partial charge in [0.15, 0.2) is 0 Å². The molecule has 21 heavy (non-hydrogen) atoms. The maximum Gasteiger partial charge on any atom is 0.236 e. The molecule has 1 aliphatic heterocycles. The van der Waals surface area contributed by atoms with Crippen molar-refractivity contribution in [3.05, 3.63) is 35.4 Å². The highest BCUT2D eigenvalue weighted by Gasteiger charge is 2.21. The van der Waals surface area contributed by atoms with Crippen LogP contribution in [0.2, 0.25) is 0 Å². The molecule has 1 heterocycles. The van der Waals surface area contributed by atoms with Gasteiger partial charge in [0, 0.05) is 20.2 Å². The van der Waals surface area contributed by atoms with Gasteiger partial charge in [0.1, 0.15) is 0 Å². The molecule has 0 bridgehead atoms. The molecule has 1 aliphatic rings. The molecule has 0 saturated carbocycles. The summed E-state index contributed by atoms with van der Waals surface area (Å²) in [7, 11) is 1.62. The van der Waals surface area contributed by atoms with E-state index in [9.17, 15) is 4.79 Å². The van der Waals surface area contributed by atoms with Crippen molar-refractivity contribution < 1.29 is 14.3 Å². The summed E-state index contributed by atoms with van der Waals surface area (Å²) in [5.41, 5.74) is 2.57. The number of carbonyl (C=O) groups is 1. The Bertz CT molecular complexity index is 465. The number of hydrogen-bond donors (Lipinski definition) is 2. The smallest absolute Gasteiger partial charge is 0.236 e. The molecule has 2 rings (SSSR count). The molecule has 1 amide bonds. The number of carbonyl (C=O) groups excluding carboxylic acids is 1. The lowest BCUT2D eigenvalue weighted by Gasteiger charge is -2.27. The van der Waals surface area contributed by atoms with Crippen LogP contribution in [0.15, 0.2) is 24.3 Å². The summed E-state index contributed by atoms with van der Waals surface area (Å²) in [6, 6.07) is 8.08. The minimum atomic E-state index is -0.250. The average molecular weight is 292 g/mol. The molecule has 116 valence electrons. The third-order valence-corrected chi connectivity index (χ3v) is 3.70. The Labute approximate surface area is 126 Å². The van der Waals surface area contributed by atoms with Gasteiger partial charge in [-0.05, 0) is 24.5 Å². The van der Waals surface area contributed by atoms with Gasteiger partial charge >= 0.3 is 0 Å². The minimum absolute atomic E-state index is 0.0175. The summed E-state index contributed by atoms with van der Waals surface area (Å²) in [6.45, 7) is 4.28. The van der Waals surface area contributed by atoms with Crippen LogP contribution in [0.3, 0.4) is 0 Å². The fourth-order valence-electron chi connectivity index (χ4n) is 2.45. The fraction of sp³-hybridized carbons (Fsp3) is 0.562. The Morgan fingerprint density at radius 1 is 1.48 bits per heavy atom. The molecule has 2 unspecified atom stereocenters. The van der Waals surface area contributed by atoms with Gasteiger partial charge in [0.2, 0.25) is 5.91 Å². The molecule has 5 heteroatoms. The van der Waals surface area contributed by atoms with Crippen molar-refractivity contribution in [2.24, 2.45) is 0 Å². The van der Waals surface area contributed by atoms with Crippen LogP contribution in [0.25, 0.3) is 0 Å². The molecule has 1 aromatic carbocycles. The summed E-state index contributed by atoms with van der Waals surface area (Å²) < 4.78 is 10.7. The van der Waals surface area contributed by atoms with Crippen molar-refractivity contribution in [1.82, 2.24) is 10.6 Å². The molecule has 0 radical (unpaired) electrons. The lowest BCUT2D eigenvalue weighted by Crippen LogP contribution is -2.45. The van der Waals surface area contributed by atoms with Crippen molar-refractivity contribution in [1.29, 1.82) is 0 Å². The predicted octanol–water partition coefficient (Wildman–Crippen LogP) is 1.04. The molecular formula is C16H24N2O3. The van der Waals surface area contributed by atoms with E-state index in [1.165, 1.54) is 11.1 Å². The summed E-state index contributed by atoms with van der Waals surface area (Å²) in [6.07, 6.45) is 0.976. The summed E-state index contributed by atoms with van der Waals surface area (Å²) in [5.74, 6) is -0.0175. The first kappa shape index (κ1) is 15.9. The third-order valence-electron chi connectivity index (χ3n) is 3.70. The van der Waals surface area contributed by atoms with E-state index < -0.39 is 0 Å². The van der Waals surface area contributed by atoms with Crippen molar-refractivity contribution >= 4 is 5.91 Å². The first-order valence-corrected chi connectivity index (χ1v) is 7.42. The van der Waals surface area contributed by atoms with Crippen molar-refractivity contribution in [3.8, 4) is 0 Å². The van der Waals surface area contributed by atoms with E-state index in [2.05, 4.69) is 28.8 Å². The van der Waals surface area contributed by atoms with Crippen LogP contribution in [0.5, 0.6) is 0 Å². The number of ether oxygens (including phenoxy) is 2. The van der Waals surface area contributed by atoms with Crippen LogP contribution in [0.4, 0.5) is 0 Å². The van der Waals surface area contributed by atoms with Gasteiger partial charge in [0.25, 0.3) is 0 Å². The van der Waals surface area contributed by atoms with Gasteiger partial charge in [-0.2, -0.15) is 0 Å². The highest BCUT2D eigenvalue weighted by molar-refractivity contribution is 5.81. The lowest BCUT2D eigenvalue weighted by atomic mass is 9.97. The zero-order valence-corrected chi connectivity index (χ0v) is 12.7. The lowest BCUT2D eigenvalue weighted by molar-refractivity contribution is -0.123. The summed E-state index contributed by atoms with van der Waals surface area (Å²) in [4.78, 5) is 11.9. The molecule has 0 saturated heterocycles. The van der Waals surface area contributed by atoms with Crippen molar-refractivity contribution in [3.63, 3.8) is 0 Å². The molecule has 5 nitrogen and oxygen atoms in total. The maximum absolute atomic E-state index is 11.9. The quantitative estimate of drug-likeness (QED) is 0.737. The zero-order valence-electron chi connectivity index (χ0n) is 12.7. The number of fused-ring (bicyclic) bond motifs is 1. The Morgan fingerprint density at radius 2 is 2.29 bits per heavy atom.